The van der Waals surface area contributed by atoms with Gasteiger partial charge in [-0.3, -0.25) is 9.59 Å². The zero-order valence-electron chi connectivity index (χ0n) is 15.3. The highest BCUT2D eigenvalue weighted by Crippen LogP contribution is 2.23. The molecule has 0 aromatic heterocycles. The average molecular weight is 320 g/mol. The third kappa shape index (κ3) is 6.06. The third-order valence-electron chi connectivity index (χ3n) is 4.87. The van der Waals surface area contributed by atoms with Crippen molar-refractivity contribution in [2.75, 3.05) is 0 Å². The lowest BCUT2D eigenvalue weighted by atomic mass is 9.86. The predicted molar refractivity (Wildman–Crippen MR) is 94.1 cm³/mol. The number of carbonyl (C=O) groups excluding carboxylic acids is 2. The molecular weight excluding hydrogens is 288 g/mol. The van der Waals surface area contributed by atoms with E-state index in [1.807, 2.05) is 39.8 Å². The molecule has 0 spiro atoms. The summed E-state index contributed by atoms with van der Waals surface area (Å²) in [6.45, 7) is 9.83. The van der Waals surface area contributed by atoms with Gasteiger partial charge in [0.15, 0.2) is 5.78 Å². The van der Waals surface area contributed by atoms with Gasteiger partial charge in [0, 0.05) is 17.9 Å². The summed E-state index contributed by atoms with van der Waals surface area (Å²) >= 11 is 0. The van der Waals surface area contributed by atoms with Crippen LogP contribution in [0.25, 0.3) is 0 Å². The van der Waals surface area contributed by atoms with Crippen LogP contribution in [0.15, 0.2) is 23.3 Å². The molecule has 0 saturated heterocycles. The van der Waals surface area contributed by atoms with Crippen LogP contribution in [-0.2, 0) is 9.59 Å². The van der Waals surface area contributed by atoms with Gasteiger partial charge in [-0.25, -0.2) is 0 Å². The summed E-state index contributed by atoms with van der Waals surface area (Å²) in [5.74, 6) is -0.0201. The summed E-state index contributed by atoms with van der Waals surface area (Å²) < 4.78 is 0. The molecule has 0 aromatic carbocycles. The molecule has 1 N–H and O–H groups in total. The number of ketones is 2. The van der Waals surface area contributed by atoms with Crippen LogP contribution in [0.1, 0.15) is 66.7 Å². The molecule has 1 aliphatic carbocycles. The maximum atomic E-state index is 12.6. The van der Waals surface area contributed by atoms with Crippen LogP contribution in [0, 0.1) is 17.8 Å². The lowest BCUT2D eigenvalue weighted by Gasteiger charge is -2.21. The van der Waals surface area contributed by atoms with Crippen molar-refractivity contribution in [2.24, 2.45) is 17.8 Å². The Bertz CT molecular complexity index is 485. The number of hydrogen-bond acceptors (Lipinski definition) is 3. The van der Waals surface area contributed by atoms with E-state index in [9.17, 15) is 14.7 Å². The molecule has 3 heteroatoms. The quantitative estimate of drug-likeness (QED) is 0.786. The molecule has 0 radical (unpaired) electrons. The molecule has 3 atom stereocenters. The number of aliphatic hydroxyl groups is 1. The first-order valence-electron chi connectivity index (χ1n) is 8.86. The van der Waals surface area contributed by atoms with Gasteiger partial charge in [0.2, 0.25) is 0 Å². The number of hydrogen-bond donors (Lipinski definition) is 1. The number of rotatable bonds is 1. The van der Waals surface area contributed by atoms with E-state index < -0.39 is 6.10 Å². The van der Waals surface area contributed by atoms with Gasteiger partial charge in [-0.15, -0.1) is 0 Å². The van der Waals surface area contributed by atoms with Crippen molar-refractivity contribution in [3.05, 3.63) is 23.3 Å². The van der Waals surface area contributed by atoms with Crippen LogP contribution in [0.3, 0.4) is 0 Å². The smallest absolute Gasteiger partial charge is 0.187 e. The van der Waals surface area contributed by atoms with Crippen LogP contribution in [0.4, 0.5) is 0 Å². The first-order chi connectivity index (χ1) is 10.7. The summed E-state index contributed by atoms with van der Waals surface area (Å²) in [5.41, 5.74) is 1.87. The van der Waals surface area contributed by atoms with Crippen molar-refractivity contribution < 1.29 is 14.7 Å². The Morgan fingerprint density at radius 1 is 1.09 bits per heavy atom. The number of carbonyl (C=O) groups is 2. The molecule has 0 fully saturated rings. The zero-order valence-corrected chi connectivity index (χ0v) is 15.3. The van der Waals surface area contributed by atoms with Gasteiger partial charge < -0.3 is 5.11 Å². The zero-order chi connectivity index (χ0) is 17.6. The van der Waals surface area contributed by atoms with Crippen molar-refractivity contribution in [2.45, 2.75) is 72.8 Å². The highest BCUT2D eigenvalue weighted by molar-refractivity contribution is 5.99. The Labute approximate surface area is 140 Å². The van der Waals surface area contributed by atoms with Crippen LogP contribution in [0.2, 0.25) is 0 Å². The van der Waals surface area contributed by atoms with E-state index in [0.717, 1.165) is 19.3 Å². The summed E-state index contributed by atoms with van der Waals surface area (Å²) in [5, 5.41) is 10.4. The first-order valence-corrected chi connectivity index (χ1v) is 8.86. The van der Waals surface area contributed by atoms with Crippen molar-refractivity contribution in [1.82, 2.24) is 0 Å². The van der Waals surface area contributed by atoms with Crippen molar-refractivity contribution in [3.8, 4) is 0 Å². The van der Waals surface area contributed by atoms with Gasteiger partial charge in [-0.1, -0.05) is 45.4 Å². The normalized spacial score (nSPS) is 33.6. The van der Waals surface area contributed by atoms with Gasteiger partial charge in [0.1, 0.15) is 11.9 Å². The average Bonchev–Trinajstić information content (AvgIpc) is 2.50. The highest BCUT2D eigenvalue weighted by atomic mass is 16.3. The molecule has 23 heavy (non-hydrogen) atoms. The number of aliphatic hydroxyl groups excluding tert-OH is 1. The Kier molecular flexibility index (Phi) is 7.90. The van der Waals surface area contributed by atoms with Gasteiger partial charge in [0.25, 0.3) is 0 Å². The number of allylic oxidation sites excluding steroid dienone is 3. The lowest BCUT2D eigenvalue weighted by molar-refractivity contribution is -0.127. The van der Waals surface area contributed by atoms with Gasteiger partial charge in [0.05, 0.1) is 0 Å². The van der Waals surface area contributed by atoms with Gasteiger partial charge in [-0.05, 0) is 44.4 Å². The Morgan fingerprint density at radius 2 is 1.74 bits per heavy atom. The van der Waals surface area contributed by atoms with Crippen LogP contribution in [-0.4, -0.2) is 22.8 Å². The van der Waals surface area contributed by atoms with E-state index in [2.05, 4.69) is 6.92 Å². The fraction of sp³-hybridized carbons (Fsp3) is 0.700. The largest absolute Gasteiger partial charge is 0.385 e. The van der Waals surface area contributed by atoms with E-state index in [0.29, 0.717) is 18.4 Å². The predicted octanol–water partition coefficient (Wildman–Crippen LogP) is 4.25. The first kappa shape index (κ1) is 19.8. The van der Waals surface area contributed by atoms with E-state index in [1.54, 1.807) is 0 Å². The summed E-state index contributed by atoms with van der Waals surface area (Å²) in [4.78, 5) is 24.8. The fourth-order valence-corrected chi connectivity index (χ4v) is 2.93. The maximum Gasteiger partial charge on any atom is 0.187 e. The van der Waals surface area contributed by atoms with E-state index >= 15 is 0 Å². The van der Waals surface area contributed by atoms with Crippen molar-refractivity contribution in [3.63, 3.8) is 0 Å². The van der Waals surface area contributed by atoms with E-state index in [-0.39, 0.29) is 29.3 Å². The minimum absolute atomic E-state index is 0.0625. The minimum atomic E-state index is -1.02. The third-order valence-corrected chi connectivity index (χ3v) is 4.87. The minimum Gasteiger partial charge on any atom is -0.385 e. The maximum absolute atomic E-state index is 12.6. The molecule has 130 valence electrons. The summed E-state index contributed by atoms with van der Waals surface area (Å²) in [6.07, 6.45) is 6.68. The summed E-state index contributed by atoms with van der Waals surface area (Å²) in [7, 11) is 0. The van der Waals surface area contributed by atoms with Crippen molar-refractivity contribution >= 4 is 11.6 Å². The van der Waals surface area contributed by atoms with E-state index in [1.165, 1.54) is 5.57 Å². The molecule has 0 amide bonds. The highest BCUT2D eigenvalue weighted by Gasteiger charge is 2.27. The van der Waals surface area contributed by atoms with Gasteiger partial charge >= 0.3 is 0 Å². The Hall–Kier alpha value is -1.22. The molecule has 0 saturated carbocycles. The van der Waals surface area contributed by atoms with Crippen LogP contribution in [0.5, 0.6) is 0 Å². The molecule has 3 nitrogen and oxygen atoms in total. The van der Waals surface area contributed by atoms with Gasteiger partial charge in [-0.2, -0.15) is 0 Å². The molecule has 0 heterocycles. The summed E-state index contributed by atoms with van der Waals surface area (Å²) in [6, 6.07) is 0. The van der Waals surface area contributed by atoms with Crippen molar-refractivity contribution in [1.29, 1.82) is 0 Å². The topological polar surface area (TPSA) is 54.4 Å². The molecule has 0 aliphatic heterocycles. The second-order valence-corrected chi connectivity index (χ2v) is 7.37. The second-order valence-electron chi connectivity index (χ2n) is 7.37. The molecular formula is C20H32O3. The Morgan fingerprint density at radius 3 is 2.35 bits per heavy atom. The second kappa shape index (κ2) is 9.17. The molecule has 0 unspecified atom stereocenters. The Balaban J connectivity index is 3.07. The molecule has 1 rings (SSSR count). The van der Waals surface area contributed by atoms with Crippen LogP contribution >= 0.6 is 0 Å². The van der Waals surface area contributed by atoms with Crippen LogP contribution < -0.4 is 0 Å². The fourth-order valence-electron chi connectivity index (χ4n) is 2.93. The number of Topliss-reactive ketones (excluding diaryl/α,β-unsaturated/α-hetero) is 2. The SMILES string of the molecule is C/C1=C/C=C(\C(C)C)C(=O)[C@@H](O)[C@H](C)CCC(=O)[C@H](C)CCC1. The molecule has 1 aliphatic rings. The lowest BCUT2D eigenvalue weighted by Crippen LogP contribution is -2.31. The monoisotopic (exact) mass is 320 g/mol. The molecule has 0 bridgehead atoms. The standard InChI is InChI=1S/C20H32O3/c1-13(2)17-11-9-14(3)7-6-8-15(4)18(21)12-10-16(5)19(22)20(17)23/h9,11,13,15-16,19,22H,6-8,10,12H2,1-5H3/b14-9-,17-11+/t15-,16-,19+/m1/s1. The van der Waals surface area contributed by atoms with E-state index in [4.69, 9.17) is 0 Å². The molecule has 0 aromatic rings.